The Bertz CT molecular complexity index is 992. The van der Waals surface area contributed by atoms with Crippen LogP contribution in [-0.2, 0) is 16.1 Å². The molecule has 2 atom stereocenters. The van der Waals surface area contributed by atoms with Gasteiger partial charge in [0.1, 0.15) is 0 Å². The second kappa shape index (κ2) is 8.00. The summed E-state index contributed by atoms with van der Waals surface area (Å²) in [5, 5.41) is 2.77. The van der Waals surface area contributed by atoms with Gasteiger partial charge in [0, 0.05) is 68.7 Å². The molecule has 30 heavy (non-hydrogen) atoms. The molecule has 2 fully saturated rings. The van der Waals surface area contributed by atoms with Crippen LogP contribution in [0.15, 0.2) is 41.2 Å². The van der Waals surface area contributed by atoms with Gasteiger partial charge < -0.3 is 14.6 Å². The summed E-state index contributed by atoms with van der Waals surface area (Å²) < 4.78 is 7.57. The van der Waals surface area contributed by atoms with Crippen LogP contribution < -0.4 is 10.9 Å². The van der Waals surface area contributed by atoms with Crippen LogP contribution in [0.3, 0.4) is 0 Å². The SMILES string of the molecule is CC(=O)Nc1ccc(-c2ccc3n(c2=O)C[C@H]2C[C@@H]3CN(C3CCOCC3)C2)cc1. The lowest BCUT2D eigenvalue weighted by Gasteiger charge is -2.46. The number of pyridine rings is 1. The maximum Gasteiger partial charge on any atom is 0.258 e. The molecule has 2 saturated heterocycles. The average molecular weight is 408 g/mol. The van der Waals surface area contributed by atoms with Gasteiger partial charge in [-0.05, 0) is 55.0 Å². The number of fused-ring (bicyclic) bond motifs is 4. The summed E-state index contributed by atoms with van der Waals surface area (Å²) in [6.45, 7) is 6.17. The van der Waals surface area contributed by atoms with E-state index >= 15 is 0 Å². The number of rotatable bonds is 3. The number of piperidine rings is 1. The zero-order chi connectivity index (χ0) is 20.7. The molecule has 2 bridgehead atoms. The zero-order valence-corrected chi connectivity index (χ0v) is 17.5. The van der Waals surface area contributed by atoms with Crippen LogP contribution in [0.5, 0.6) is 0 Å². The minimum atomic E-state index is -0.0991. The molecule has 0 saturated carbocycles. The summed E-state index contributed by atoms with van der Waals surface area (Å²) in [6.07, 6.45) is 3.43. The first-order valence-electron chi connectivity index (χ1n) is 11.0. The van der Waals surface area contributed by atoms with Crippen LogP contribution >= 0.6 is 0 Å². The zero-order valence-electron chi connectivity index (χ0n) is 17.5. The largest absolute Gasteiger partial charge is 0.381 e. The van der Waals surface area contributed by atoms with Gasteiger partial charge in [0.25, 0.3) is 5.56 Å². The van der Waals surface area contributed by atoms with Gasteiger partial charge in [0.2, 0.25) is 5.91 Å². The van der Waals surface area contributed by atoms with E-state index in [1.54, 1.807) is 0 Å². The number of ether oxygens (including phenoxy) is 1. The molecule has 5 rings (SSSR count). The van der Waals surface area contributed by atoms with Gasteiger partial charge in [0.15, 0.2) is 0 Å². The third kappa shape index (κ3) is 3.70. The number of hydrogen-bond acceptors (Lipinski definition) is 4. The number of carbonyl (C=O) groups is 1. The highest BCUT2D eigenvalue weighted by Crippen LogP contribution is 2.37. The quantitative estimate of drug-likeness (QED) is 0.849. The monoisotopic (exact) mass is 407 g/mol. The molecule has 0 radical (unpaired) electrons. The maximum absolute atomic E-state index is 13.4. The van der Waals surface area contributed by atoms with E-state index in [4.69, 9.17) is 4.74 Å². The average Bonchev–Trinajstić information content (AvgIpc) is 2.75. The number of carbonyl (C=O) groups excluding carboxylic acids is 1. The van der Waals surface area contributed by atoms with Crippen molar-refractivity contribution in [3.63, 3.8) is 0 Å². The lowest BCUT2D eigenvalue weighted by molar-refractivity contribution is -0.114. The van der Waals surface area contributed by atoms with E-state index in [0.717, 1.165) is 62.5 Å². The Morgan fingerprint density at radius 1 is 1.03 bits per heavy atom. The van der Waals surface area contributed by atoms with Crippen molar-refractivity contribution >= 4 is 11.6 Å². The fourth-order valence-corrected chi connectivity index (χ4v) is 5.49. The number of amides is 1. The van der Waals surface area contributed by atoms with E-state index in [2.05, 4.69) is 16.3 Å². The first-order chi connectivity index (χ1) is 14.6. The van der Waals surface area contributed by atoms with Crippen molar-refractivity contribution in [3.8, 4) is 11.1 Å². The second-order valence-electron chi connectivity index (χ2n) is 8.94. The van der Waals surface area contributed by atoms with Crippen LogP contribution in [0.4, 0.5) is 5.69 Å². The van der Waals surface area contributed by atoms with E-state index in [0.29, 0.717) is 17.9 Å². The Labute approximate surface area is 176 Å². The molecule has 1 aromatic heterocycles. The molecule has 1 amide bonds. The molecule has 1 N–H and O–H groups in total. The highest BCUT2D eigenvalue weighted by atomic mass is 16.5. The number of aromatic nitrogens is 1. The molecule has 3 aliphatic rings. The fourth-order valence-electron chi connectivity index (χ4n) is 5.49. The van der Waals surface area contributed by atoms with Gasteiger partial charge in [-0.2, -0.15) is 0 Å². The first kappa shape index (κ1) is 19.5. The van der Waals surface area contributed by atoms with Crippen molar-refractivity contribution in [2.45, 2.75) is 44.7 Å². The second-order valence-corrected chi connectivity index (χ2v) is 8.94. The van der Waals surface area contributed by atoms with Crippen molar-refractivity contribution in [2.75, 3.05) is 31.6 Å². The van der Waals surface area contributed by atoms with Crippen LogP contribution in [-0.4, -0.2) is 47.7 Å². The summed E-state index contributed by atoms with van der Waals surface area (Å²) in [5.74, 6) is 0.872. The number of benzene rings is 1. The van der Waals surface area contributed by atoms with Crippen molar-refractivity contribution in [1.29, 1.82) is 0 Å². The highest BCUT2D eigenvalue weighted by molar-refractivity contribution is 5.88. The Kier molecular flexibility index (Phi) is 5.21. The third-order valence-electron chi connectivity index (χ3n) is 6.86. The number of anilines is 1. The lowest BCUT2D eigenvalue weighted by Crippen LogP contribution is -2.51. The van der Waals surface area contributed by atoms with Crippen molar-refractivity contribution in [1.82, 2.24) is 9.47 Å². The normalized spacial score (nSPS) is 24.3. The minimum absolute atomic E-state index is 0.0991. The molecular formula is C24H29N3O3. The molecule has 2 aromatic rings. The smallest absolute Gasteiger partial charge is 0.258 e. The maximum atomic E-state index is 13.4. The summed E-state index contributed by atoms with van der Waals surface area (Å²) >= 11 is 0. The van der Waals surface area contributed by atoms with E-state index in [1.807, 2.05) is 34.9 Å². The molecular weight excluding hydrogens is 378 g/mol. The molecule has 6 heteroatoms. The highest BCUT2D eigenvalue weighted by Gasteiger charge is 2.37. The molecule has 3 aliphatic heterocycles. The Morgan fingerprint density at radius 3 is 2.53 bits per heavy atom. The van der Waals surface area contributed by atoms with Crippen LogP contribution in [0.2, 0.25) is 0 Å². The standard InChI is InChI=1S/C24H29N3O3/c1-16(28)25-20-4-2-18(3-5-20)22-6-7-23-19-12-17(14-27(23)24(22)29)13-26(15-19)21-8-10-30-11-9-21/h2-7,17,19,21H,8-15H2,1H3,(H,25,28)/t17-,19+/m0/s1. The van der Waals surface area contributed by atoms with Gasteiger partial charge in [-0.3, -0.25) is 14.5 Å². The summed E-state index contributed by atoms with van der Waals surface area (Å²) in [7, 11) is 0. The number of nitrogens with one attached hydrogen (secondary N) is 1. The minimum Gasteiger partial charge on any atom is -0.381 e. The lowest BCUT2D eigenvalue weighted by atomic mass is 9.81. The Hall–Kier alpha value is -2.44. The summed E-state index contributed by atoms with van der Waals surface area (Å²) in [6, 6.07) is 12.3. The summed E-state index contributed by atoms with van der Waals surface area (Å²) in [4.78, 5) is 27.2. The van der Waals surface area contributed by atoms with E-state index < -0.39 is 0 Å². The number of nitrogens with zero attached hydrogens (tertiary/aromatic N) is 2. The molecule has 0 unspecified atom stereocenters. The molecule has 4 heterocycles. The molecule has 6 nitrogen and oxygen atoms in total. The Balaban J connectivity index is 1.40. The van der Waals surface area contributed by atoms with Gasteiger partial charge in [-0.25, -0.2) is 0 Å². The summed E-state index contributed by atoms with van der Waals surface area (Å²) in [5.41, 5.74) is 3.66. The Morgan fingerprint density at radius 2 is 1.80 bits per heavy atom. The van der Waals surface area contributed by atoms with Crippen molar-refractivity contribution in [2.24, 2.45) is 5.92 Å². The molecule has 0 spiro atoms. The topological polar surface area (TPSA) is 63.6 Å². The molecule has 158 valence electrons. The van der Waals surface area contributed by atoms with Gasteiger partial charge in [-0.1, -0.05) is 12.1 Å². The van der Waals surface area contributed by atoms with Crippen LogP contribution in [0.1, 0.15) is 37.8 Å². The van der Waals surface area contributed by atoms with Crippen molar-refractivity contribution in [3.05, 3.63) is 52.4 Å². The number of hydrogen-bond donors (Lipinski definition) is 1. The van der Waals surface area contributed by atoms with Gasteiger partial charge in [0.05, 0.1) is 0 Å². The van der Waals surface area contributed by atoms with E-state index in [9.17, 15) is 9.59 Å². The fraction of sp³-hybridized carbons (Fsp3) is 0.500. The van der Waals surface area contributed by atoms with E-state index in [-0.39, 0.29) is 11.5 Å². The first-order valence-corrected chi connectivity index (χ1v) is 11.0. The predicted octanol–water partition coefficient (Wildman–Crippen LogP) is 3.07. The number of likely N-dealkylation sites (tertiary alicyclic amines) is 1. The van der Waals surface area contributed by atoms with Crippen molar-refractivity contribution < 1.29 is 9.53 Å². The third-order valence-corrected chi connectivity index (χ3v) is 6.86. The van der Waals surface area contributed by atoms with Crippen LogP contribution in [0.25, 0.3) is 11.1 Å². The molecule has 0 aliphatic carbocycles. The van der Waals surface area contributed by atoms with E-state index in [1.165, 1.54) is 19.0 Å². The van der Waals surface area contributed by atoms with Crippen LogP contribution in [0, 0.1) is 5.92 Å². The van der Waals surface area contributed by atoms with Gasteiger partial charge >= 0.3 is 0 Å². The molecule has 1 aromatic carbocycles. The predicted molar refractivity (Wildman–Crippen MR) is 117 cm³/mol. The van der Waals surface area contributed by atoms with Gasteiger partial charge in [-0.15, -0.1) is 0 Å².